The van der Waals surface area contributed by atoms with Crippen LogP contribution in [0, 0.1) is 13.8 Å². The van der Waals surface area contributed by atoms with E-state index in [9.17, 15) is 9.59 Å². The van der Waals surface area contributed by atoms with Gasteiger partial charge in [-0.2, -0.15) is 5.10 Å². The Bertz CT molecular complexity index is 1860. The van der Waals surface area contributed by atoms with Crippen LogP contribution in [0.2, 0.25) is 0 Å². The fourth-order valence-corrected chi connectivity index (χ4v) is 5.74. The highest BCUT2D eigenvalue weighted by Crippen LogP contribution is 2.40. The molecule has 0 bridgehead atoms. The van der Waals surface area contributed by atoms with Gasteiger partial charge >= 0.3 is 0 Å². The number of fused-ring (bicyclic) bond motifs is 3. The number of pyridine rings is 1. The molecule has 1 atom stereocenters. The van der Waals surface area contributed by atoms with Crippen LogP contribution in [0.5, 0.6) is 5.75 Å². The summed E-state index contributed by atoms with van der Waals surface area (Å²) in [6.07, 6.45) is 4.11. The van der Waals surface area contributed by atoms with Gasteiger partial charge < -0.3 is 15.0 Å². The number of H-pyrrole nitrogens is 1. The third kappa shape index (κ3) is 4.43. The summed E-state index contributed by atoms with van der Waals surface area (Å²) in [5.74, 6) is 0.355. The Morgan fingerprint density at radius 1 is 1.18 bits per heavy atom. The van der Waals surface area contributed by atoms with Crippen LogP contribution in [0.3, 0.4) is 0 Å². The van der Waals surface area contributed by atoms with Crippen LogP contribution >= 0.6 is 0 Å². The van der Waals surface area contributed by atoms with Gasteiger partial charge in [0.2, 0.25) is 0 Å². The second-order valence-corrected chi connectivity index (χ2v) is 11.7. The first-order chi connectivity index (χ1) is 19.0. The second-order valence-electron chi connectivity index (χ2n) is 11.7. The third-order valence-electron chi connectivity index (χ3n) is 7.64. The maximum Gasteiger partial charge on any atom is 0.274 e. The number of carbonyl (C=O) groups is 1. The first-order valence-corrected chi connectivity index (χ1v) is 13.6. The number of hydrogen-bond donors (Lipinski definition) is 2. The topological polar surface area (TPSA) is 101 Å². The van der Waals surface area contributed by atoms with Crippen LogP contribution in [0.25, 0.3) is 27.7 Å². The van der Waals surface area contributed by atoms with E-state index in [1.165, 1.54) is 4.52 Å². The highest BCUT2D eigenvalue weighted by molar-refractivity contribution is 5.96. The number of ether oxygens (including phenoxy) is 1. The Balaban J connectivity index is 1.42. The number of aryl methyl sites for hydroxylation is 2. The minimum Gasteiger partial charge on any atom is -0.487 e. The van der Waals surface area contributed by atoms with Gasteiger partial charge in [-0.25, -0.2) is 4.52 Å². The van der Waals surface area contributed by atoms with Gasteiger partial charge in [0.05, 0.1) is 23.4 Å². The molecule has 6 rings (SSSR count). The van der Waals surface area contributed by atoms with E-state index in [0.29, 0.717) is 23.2 Å². The molecule has 8 heteroatoms. The number of nitrogens with zero attached hydrogens (tertiary/aromatic N) is 3. The van der Waals surface area contributed by atoms with Crippen molar-refractivity contribution >= 4 is 22.3 Å². The zero-order valence-corrected chi connectivity index (χ0v) is 23.6. The minimum atomic E-state index is -0.446. The normalized spacial score (nSPS) is 16.2. The van der Waals surface area contributed by atoms with E-state index in [1.54, 1.807) is 12.4 Å². The Kier molecular flexibility index (Phi) is 6.02. The van der Waals surface area contributed by atoms with Crippen LogP contribution in [0.1, 0.15) is 78.8 Å². The third-order valence-corrected chi connectivity index (χ3v) is 7.64. The number of aromatic nitrogens is 4. The standard InChI is InChI=1S/C32H33N5O3/c1-17(2)27-28(30(38)34-24-14-32(5,6)40-26-11-10-18(3)12-22(24)26)36-37-16-25(35-31(39)29(27)37)20-13-21-19(4)8-7-9-23(21)33-15-20/h7-13,15-17,24H,14H2,1-6H3,(H,34,38)(H,35,39). The van der Waals surface area contributed by atoms with Crippen LogP contribution in [-0.2, 0) is 0 Å². The molecule has 40 heavy (non-hydrogen) atoms. The van der Waals surface area contributed by atoms with Crippen molar-refractivity contribution in [2.75, 3.05) is 0 Å². The van der Waals surface area contributed by atoms with Gasteiger partial charge in [-0.15, -0.1) is 0 Å². The second kappa shape index (κ2) is 9.33. The zero-order chi connectivity index (χ0) is 28.3. The van der Waals surface area contributed by atoms with Crippen molar-refractivity contribution in [2.24, 2.45) is 0 Å². The Labute approximate surface area is 232 Å². The van der Waals surface area contributed by atoms with Gasteiger partial charge in [0.25, 0.3) is 11.5 Å². The van der Waals surface area contributed by atoms with Gasteiger partial charge in [0, 0.05) is 34.7 Å². The molecule has 0 aliphatic carbocycles. The van der Waals surface area contributed by atoms with Gasteiger partial charge in [-0.1, -0.05) is 43.7 Å². The van der Waals surface area contributed by atoms with E-state index in [1.807, 2.05) is 77.9 Å². The first-order valence-electron chi connectivity index (χ1n) is 13.6. The first kappa shape index (κ1) is 25.8. The fourth-order valence-electron chi connectivity index (χ4n) is 5.74. The van der Waals surface area contributed by atoms with Crippen molar-refractivity contribution in [2.45, 2.75) is 65.5 Å². The quantitative estimate of drug-likeness (QED) is 0.293. The van der Waals surface area contributed by atoms with Gasteiger partial charge in [-0.3, -0.25) is 14.6 Å². The summed E-state index contributed by atoms with van der Waals surface area (Å²) in [4.78, 5) is 34.9. The number of aromatic amines is 1. The van der Waals surface area contributed by atoms with Crippen LogP contribution in [0.4, 0.5) is 0 Å². The lowest BCUT2D eigenvalue weighted by atomic mass is 9.88. The van der Waals surface area contributed by atoms with E-state index < -0.39 is 5.60 Å². The van der Waals surface area contributed by atoms with Crippen molar-refractivity contribution in [1.29, 1.82) is 0 Å². The summed E-state index contributed by atoms with van der Waals surface area (Å²) >= 11 is 0. The fraction of sp³-hybridized carbons (Fsp3) is 0.312. The van der Waals surface area contributed by atoms with E-state index >= 15 is 0 Å². The van der Waals surface area contributed by atoms with Crippen molar-refractivity contribution in [3.63, 3.8) is 0 Å². The molecule has 0 saturated carbocycles. The average Bonchev–Trinajstić information content (AvgIpc) is 3.30. The summed E-state index contributed by atoms with van der Waals surface area (Å²) in [7, 11) is 0. The number of carbonyl (C=O) groups excluding carboxylic acids is 1. The highest BCUT2D eigenvalue weighted by atomic mass is 16.5. The average molecular weight is 536 g/mol. The number of nitrogens with one attached hydrogen (secondary N) is 2. The lowest BCUT2D eigenvalue weighted by Gasteiger charge is -2.38. The van der Waals surface area contributed by atoms with E-state index in [2.05, 4.69) is 26.4 Å². The summed E-state index contributed by atoms with van der Waals surface area (Å²) in [5, 5.41) is 8.89. The number of hydrogen-bond acceptors (Lipinski definition) is 5. The predicted molar refractivity (Wildman–Crippen MR) is 156 cm³/mol. The lowest BCUT2D eigenvalue weighted by molar-refractivity contribution is 0.0617. The van der Waals surface area contributed by atoms with Gasteiger partial charge in [-0.05, 0) is 57.4 Å². The van der Waals surface area contributed by atoms with Crippen molar-refractivity contribution < 1.29 is 9.53 Å². The molecule has 1 aliphatic heterocycles. The maximum atomic E-state index is 13.8. The molecule has 1 amide bonds. The Morgan fingerprint density at radius 3 is 2.75 bits per heavy atom. The molecule has 8 nitrogen and oxygen atoms in total. The molecule has 1 aliphatic rings. The molecule has 0 spiro atoms. The minimum absolute atomic E-state index is 0.101. The molecule has 1 unspecified atom stereocenters. The summed E-state index contributed by atoms with van der Waals surface area (Å²) < 4.78 is 7.72. The van der Waals surface area contributed by atoms with Crippen LogP contribution in [-0.4, -0.2) is 31.1 Å². The van der Waals surface area contributed by atoms with Crippen LogP contribution < -0.4 is 15.6 Å². The molecule has 2 N–H and O–H groups in total. The molecular weight excluding hydrogens is 502 g/mol. The molecule has 5 aromatic rings. The molecule has 4 heterocycles. The Morgan fingerprint density at radius 2 is 1.98 bits per heavy atom. The predicted octanol–water partition coefficient (Wildman–Crippen LogP) is 6.01. The summed E-state index contributed by atoms with van der Waals surface area (Å²) in [5.41, 5.74) is 5.87. The van der Waals surface area contributed by atoms with E-state index in [0.717, 1.165) is 38.9 Å². The van der Waals surface area contributed by atoms with Gasteiger partial charge in [0.15, 0.2) is 5.69 Å². The SMILES string of the molecule is Cc1ccc2c(c1)C(NC(=O)c1nn3cc(-c4cnc5cccc(C)c5c4)[nH]c(=O)c3c1C(C)C)CC(C)(C)O2. The molecule has 3 aromatic heterocycles. The maximum absolute atomic E-state index is 13.8. The molecule has 204 valence electrons. The lowest BCUT2D eigenvalue weighted by Crippen LogP contribution is -2.41. The molecule has 2 aromatic carbocycles. The monoisotopic (exact) mass is 535 g/mol. The number of rotatable bonds is 4. The molecular formula is C32H33N5O3. The summed E-state index contributed by atoms with van der Waals surface area (Å²) in [6.45, 7) is 12.0. The molecule has 0 fully saturated rings. The zero-order valence-electron chi connectivity index (χ0n) is 23.6. The van der Waals surface area contributed by atoms with Crippen molar-refractivity contribution in [3.8, 4) is 17.0 Å². The van der Waals surface area contributed by atoms with Crippen molar-refractivity contribution in [1.82, 2.24) is 24.9 Å². The van der Waals surface area contributed by atoms with E-state index in [-0.39, 0.29) is 29.1 Å². The van der Waals surface area contributed by atoms with E-state index in [4.69, 9.17) is 4.74 Å². The largest absolute Gasteiger partial charge is 0.487 e. The highest BCUT2D eigenvalue weighted by Gasteiger charge is 2.36. The van der Waals surface area contributed by atoms with Gasteiger partial charge in [0.1, 0.15) is 16.9 Å². The molecule has 0 saturated heterocycles. The smallest absolute Gasteiger partial charge is 0.274 e. The van der Waals surface area contributed by atoms with Crippen molar-refractivity contribution in [3.05, 3.63) is 93.2 Å². The summed E-state index contributed by atoms with van der Waals surface area (Å²) in [6, 6.07) is 13.8. The van der Waals surface area contributed by atoms with Crippen LogP contribution in [0.15, 0.2) is 59.7 Å². The molecule has 0 radical (unpaired) electrons. The Hall–Kier alpha value is -4.46. The number of benzene rings is 2. The number of amides is 1.